The van der Waals surface area contributed by atoms with E-state index in [0.29, 0.717) is 10.2 Å². The molecule has 5 nitrogen and oxygen atoms in total. The molecule has 0 atom stereocenters. The summed E-state index contributed by atoms with van der Waals surface area (Å²) in [7, 11) is 0.871. The number of carbonyl (C=O) groups excluding carboxylic acids is 2. The second-order valence-corrected chi connectivity index (χ2v) is 8.19. The van der Waals surface area contributed by atoms with Gasteiger partial charge in [-0.3, -0.25) is 14.3 Å². The summed E-state index contributed by atoms with van der Waals surface area (Å²) in [6.07, 6.45) is -16.2. The number of hydrogen-bond acceptors (Lipinski definition) is 4. The predicted octanol–water partition coefficient (Wildman–Crippen LogP) is 6.85. The van der Waals surface area contributed by atoms with Crippen molar-refractivity contribution < 1.29 is 49.1 Å². The molecule has 38 heavy (non-hydrogen) atoms. The number of hydrogen-bond donors (Lipinski definition) is 1. The van der Waals surface area contributed by atoms with E-state index < -0.39 is 74.3 Å². The minimum Gasteiger partial charge on any atom is -0.380 e. The highest BCUT2D eigenvalue weighted by Crippen LogP contribution is 2.43. The Bertz CT molecular complexity index is 1570. The van der Waals surface area contributed by atoms with Crippen molar-refractivity contribution in [3.63, 3.8) is 0 Å². The van der Waals surface area contributed by atoms with Gasteiger partial charge in [0.25, 0.3) is 11.6 Å². The largest absolute Gasteiger partial charge is 0.454 e. The lowest BCUT2D eigenvalue weighted by Gasteiger charge is -2.19. The van der Waals surface area contributed by atoms with Gasteiger partial charge in [-0.1, -0.05) is 36.4 Å². The molecule has 4 rings (SSSR count). The van der Waals surface area contributed by atoms with Gasteiger partial charge in [0.2, 0.25) is 0 Å². The quantitative estimate of drug-likeness (QED) is 0.219. The maximum absolute atomic E-state index is 13.7. The minimum absolute atomic E-state index is 0.0999. The third-order valence-electron chi connectivity index (χ3n) is 5.69. The number of nitrogens with one attached hydrogen (secondary N) is 1. The second-order valence-electron chi connectivity index (χ2n) is 8.19. The summed E-state index contributed by atoms with van der Waals surface area (Å²) in [6, 6.07) is 9.69. The highest BCUT2D eigenvalue weighted by atomic mass is 19.4. The van der Waals surface area contributed by atoms with Crippen LogP contribution >= 0.6 is 0 Å². The third kappa shape index (κ3) is 4.77. The lowest BCUT2D eigenvalue weighted by Crippen LogP contribution is -2.27. The van der Waals surface area contributed by atoms with E-state index in [4.69, 9.17) is 0 Å². The molecular formula is C24H14F9N3O2. The number of rotatable bonds is 5. The third-order valence-corrected chi connectivity index (χ3v) is 5.69. The summed E-state index contributed by atoms with van der Waals surface area (Å²) in [5.41, 5.74) is -4.93. The van der Waals surface area contributed by atoms with Crippen LogP contribution in [0.5, 0.6) is 0 Å². The first kappa shape index (κ1) is 26.9. The number of Topliss-reactive ketones (excluding diaryl/α,β-unsaturated/α-hetero) is 2. The fraction of sp³-hybridized carbons (Fsp3) is 0.208. The highest BCUT2D eigenvalue weighted by Gasteiger charge is 2.45. The number of carbonyl (C=O) groups is 2. The van der Waals surface area contributed by atoms with Gasteiger partial charge in [0.05, 0.1) is 11.3 Å². The van der Waals surface area contributed by atoms with Gasteiger partial charge in [-0.25, -0.2) is 0 Å². The van der Waals surface area contributed by atoms with Crippen LogP contribution in [-0.4, -0.2) is 33.7 Å². The zero-order chi connectivity index (χ0) is 28.2. The van der Waals surface area contributed by atoms with Gasteiger partial charge in [-0.15, -0.1) is 0 Å². The Labute approximate surface area is 206 Å². The molecule has 0 saturated carbocycles. The van der Waals surface area contributed by atoms with E-state index in [0.717, 1.165) is 19.2 Å². The molecule has 0 bridgehead atoms. The molecule has 1 aromatic heterocycles. The van der Waals surface area contributed by atoms with Crippen LogP contribution in [0.3, 0.4) is 0 Å². The zero-order valence-electron chi connectivity index (χ0n) is 18.9. The van der Waals surface area contributed by atoms with Gasteiger partial charge < -0.3 is 5.32 Å². The summed E-state index contributed by atoms with van der Waals surface area (Å²) in [4.78, 5) is 24.6. The van der Waals surface area contributed by atoms with Crippen molar-refractivity contribution in [3.05, 3.63) is 70.9 Å². The molecule has 0 aliphatic carbocycles. The topological polar surface area (TPSA) is 64.0 Å². The molecular weight excluding hydrogens is 533 g/mol. The van der Waals surface area contributed by atoms with Crippen LogP contribution in [0.15, 0.2) is 48.5 Å². The van der Waals surface area contributed by atoms with Crippen molar-refractivity contribution >= 4 is 38.9 Å². The number of anilines is 1. The van der Waals surface area contributed by atoms with Crippen LogP contribution < -0.4 is 5.32 Å². The predicted molar refractivity (Wildman–Crippen MR) is 118 cm³/mol. The van der Waals surface area contributed by atoms with Crippen molar-refractivity contribution in [2.45, 2.75) is 25.1 Å². The molecule has 0 radical (unpaired) electrons. The van der Waals surface area contributed by atoms with Crippen LogP contribution in [0.1, 0.15) is 32.0 Å². The number of benzene rings is 3. The summed E-state index contributed by atoms with van der Waals surface area (Å²) in [5.74, 6) is -5.21. The molecule has 0 fully saturated rings. The summed E-state index contributed by atoms with van der Waals surface area (Å²) >= 11 is 0. The molecule has 0 saturated heterocycles. The SMILES string of the molecule is Cn1nc2c(ccc3c(NCc4ccccc4)c(C(=O)C(F)(F)F)cc(C(=O)C(F)(F)F)c32)c1C(F)(F)F. The van der Waals surface area contributed by atoms with Gasteiger partial charge in [0.15, 0.2) is 0 Å². The van der Waals surface area contributed by atoms with E-state index in [1.807, 2.05) is 0 Å². The maximum atomic E-state index is 13.7. The fourth-order valence-electron chi connectivity index (χ4n) is 4.15. The van der Waals surface area contributed by atoms with E-state index in [-0.39, 0.29) is 12.6 Å². The number of aromatic nitrogens is 2. The van der Waals surface area contributed by atoms with Gasteiger partial charge in [-0.2, -0.15) is 44.6 Å². The van der Waals surface area contributed by atoms with E-state index in [1.54, 1.807) is 30.3 Å². The van der Waals surface area contributed by atoms with Crippen molar-refractivity contribution in [2.75, 3.05) is 5.32 Å². The number of alkyl halides is 9. The van der Waals surface area contributed by atoms with Crippen LogP contribution in [-0.2, 0) is 19.8 Å². The first-order valence-electron chi connectivity index (χ1n) is 10.6. The van der Waals surface area contributed by atoms with Crippen LogP contribution in [0.25, 0.3) is 21.7 Å². The Morgan fingerprint density at radius 2 is 1.37 bits per heavy atom. The molecule has 1 heterocycles. The Kier molecular flexibility index (Phi) is 6.40. The van der Waals surface area contributed by atoms with E-state index in [9.17, 15) is 49.1 Å². The number of fused-ring (bicyclic) bond motifs is 3. The van der Waals surface area contributed by atoms with Gasteiger partial charge >= 0.3 is 18.5 Å². The second kappa shape index (κ2) is 9.03. The molecule has 0 unspecified atom stereocenters. The number of aryl methyl sites for hydroxylation is 1. The molecule has 3 aromatic carbocycles. The number of nitrogens with zero attached hydrogens (tertiary/aromatic N) is 2. The average molecular weight is 547 g/mol. The molecule has 1 N–H and O–H groups in total. The fourth-order valence-corrected chi connectivity index (χ4v) is 4.15. The molecule has 200 valence electrons. The molecule has 0 spiro atoms. The van der Waals surface area contributed by atoms with Gasteiger partial charge in [-0.05, 0) is 17.7 Å². The van der Waals surface area contributed by atoms with Crippen LogP contribution in [0.4, 0.5) is 45.2 Å². The first-order chi connectivity index (χ1) is 17.5. The maximum Gasteiger partial charge on any atom is 0.454 e. The van der Waals surface area contributed by atoms with Crippen molar-refractivity contribution in [2.24, 2.45) is 7.05 Å². The molecule has 4 aromatic rings. The summed E-state index contributed by atoms with van der Waals surface area (Å²) in [6.45, 7) is -0.214. The highest BCUT2D eigenvalue weighted by molar-refractivity contribution is 6.24. The minimum atomic E-state index is -5.63. The molecule has 0 aliphatic heterocycles. The Balaban J connectivity index is 2.14. The average Bonchev–Trinajstić information content (AvgIpc) is 3.17. The normalized spacial score (nSPS) is 12.8. The van der Waals surface area contributed by atoms with Gasteiger partial charge in [0, 0.05) is 35.3 Å². The van der Waals surface area contributed by atoms with Crippen molar-refractivity contribution in [3.8, 4) is 0 Å². The molecule has 0 amide bonds. The van der Waals surface area contributed by atoms with E-state index in [2.05, 4.69) is 10.4 Å². The van der Waals surface area contributed by atoms with E-state index >= 15 is 0 Å². The van der Waals surface area contributed by atoms with Crippen molar-refractivity contribution in [1.29, 1.82) is 0 Å². The van der Waals surface area contributed by atoms with Gasteiger partial charge in [0.1, 0.15) is 11.2 Å². The monoisotopic (exact) mass is 547 g/mol. The lowest BCUT2D eigenvalue weighted by molar-refractivity contribution is -0.142. The Morgan fingerprint density at radius 3 is 1.92 bits per heavy atom. The first-order valence-corrected chi connectivity index (χ1v) is 10.6. The van der Waals surface area contributed by atoms with Crippen LogP contribution in [0, 0.1) is 0 Å². The summed E-state index contributed by atoms with van der Waals surface area (Å²) < 4.78 is 122. The molecule has 0 aliphatic rings. The number of halogens is 9. The van der Waals surface area contributed by atoms with E-state index in [1.165, 1.54) is 0 Å². The Hall–Kier alpha value is -4.10. The van der Waals surface area contributed by atoms with Crippen molar-refractivity contribution in [1.82, 2.24) is 9.78 Å². The molecule has 14 heteroatoms. The Morgan fingerprint density at radius 1 is 0.816 bits per heavy atom. The zero-order valence-corrected chi connectivity index (χ0v) is 18.9. The smallest absolute Gasteiger partial charge is 0.380 e. The number of ketones is 2. The lowest BCUT2D eigenvalue weighted by atomic mass is 9.91. The standard InChI is InChI=1S/C24H14F9N3O2/c1-36-19(22(25,26)27)13-8-7-12-16(18(13)35-36)14(20(37)23(28,29)30)9-15(21(38)24(31,32)33)17(12)34-10-11-5-3-2-4-6-11/h2-9,34H,10H2,1H3. The summed E-state index contributed by atoms with van der Waals surface area (Å²) in [5, 5.41) is 4.24. The van der Waals surface area contributed by atoms with Crippen LogP contribution in [0.2, 0.25) is 0 Å².